The van der Waals surface area contributed by atoms with Crippen LogP contribution in [0.3, 0.4) is 0 Å². The molecule has 1 aliphatic heterocycles. The van der Waals surface area contributed by atoms with Gasteiger partial charge in [-0.2, -0.15) is 0 Å². The maximum absolute atomic E-state index is 12.5. The number of nitrogens with zero attached hydrogens (tertiary/aromatic N) is 1. The highest BCUT2D eigenvalue weighted by Gasteiger charge is 2.24. The number of carbonyl (C=O) groups is 1. The molecule has 0 unspecified atom stereocenters. The van der Waals surface area contributed by atoms with E-state index in [0.29, 0.717) is 5.92 Å². The van der Waals surface area contributed by atoms with Crippen LogP contribution in [-0.2, 0) is 4.79 Å². The lowest BCUT2D eigenvalue weighted by molar-refractivity contribution is -0.126. The highest BCUT2D eigenvalue weighted by Crippen LogP contribution is 2.34. The molecule has 0 atom stereocenters. The van der Waals surface area contributed by atoms with Crippen molar-refractivity contribution in [1.29, 1.82) is 0 Å². The zero-order valence-electron chi connectivity index (χ0n) is 15.1. The number of carbonyl (C=O) groups excluding carboxylic acids is 1. The number of rotatable bonds is 4. The van der Waals surface area contributed by atoms with Gasteiger partial charge in [-0.3, -0.25) is 4.79 Å². The van der Waals surface area contributed by atoms with Gasteiger partial charge < -0.3 is 14.6 Å². The van der Waals surface area contributed by atoms with E-state index in [1.54, 1.807) is 24.5 Å². The lowest BCUT2D eigenvalue weighted by Gasteiger charge is -2.31. The van der Waals surface area contributed by atoms with Gasteiger partial charge in [0.05, 0.1) is 10.9 Å². The Kier molecular flexibility index (Phi) is 5.36. The quantitative estimate of drug-likeness (QED) is 0.545. The predicted molar refractivity (Wildman–Crippen MR) is 114 cm³/mol. The molecule has 3 aromatic rings. The highest BCUT2D eigenvalue weighted by atomic mass is 79.9. The van der Waals surface area contributed by atoms with Crippen LogP contribution in [0.25, 0.3) is 17.0 Å². The van der Waals surface area contributed by atoms with E-state index in [4.69, 9.17) is 4.74 Å². The number of nitrogens with one attached hydrogen (secondary N) is 1. The summed E-state index contributed by atoms with van der Waals surface area (Å²) in [5, 5.41) is 1.22. The number of hydrogen-bond acceptors (Lipinski definition) is 3. The molecule has 4 nitrogen and oxygen atoms in total. The number of piperidine rings is 1. The van der Waals surface area contributed by atoms with Crippen molar-refractivity contribution in [2.45, 2.75) is 18.8 Å². The summed E-state index contributed by atoms with van der Waals surface area (Å²) in [6, 6.07) is 10.1. The largest absolute Gasteiger partial charge is 0.497 e. The Balaban J connectivity index is 1.41. The summed E-state index contributed by atoms with van der Waals surface area (Å²) in [4.78, 5) is 18.9. The summed E-state index contributed by atoms with van der Waals surface area (Å²) in [5.74, 6) is 1.44. The molecule has 27 heavy (non-hydrogen) atoms. The van der Waals surface area contributed by atoms with Gasteiger partial charge in [-0.25, -0.2) is 0 Å². The van der Waals surface area contributed by atoms with E-state index in [0.717, 1.165) is 45.9 Å². The first-order valence-electron chi connectivity index (χ1n) is 9.01. The first kappa shape index (κ1) is 18.3. The van der Waals surface area contributed by atoms with E-state index < -0.39 is 0 Å². The number of benzene rings is 1. The van der Waals surface area contributed by atoms with E-state index in [1.807, 2.05) is 29.2 Å². The van der Waals surface area contributed by atoms with E-state index >= 15 is 0 Å². The normalized spacial score (nSPS) is 15.7. The summed E-state index contributed by atoms with van der Waals surface area (Å²) in [6.07, 6.45) is 7.66. The molecule has 1 amide bonds. The fourth-order valence-corrected chi connectivity index (χ4v) is 5.00. The van der Waals surface area contributed by atoms with Gasteiger partial charge in [0.15, 0.2) is 0 Å². The number of fused-ring (bicyclic) bond motifs is 1. The van der Waals surface area contributed by atoms with Gasteiger partial charge in [0.25, 0.3) is 0 Å². The molecule has 2 aromatic heterocycles. The minimum absolute atomic E-state index is 0.0959. The second-order valence-corrected chi connectivity index (χ2v) is 9.22. The average Bonchev–Trinajstić information content (AvgIpc) is 3.31. The van der Waals surface area contributed by atoms with Crippen LogP contribution in [0.4, 0.5) is 0 Å². The zero-order valence-corrected chi connectivity index (χ0v) is 17.5. The minimum Gasteiger partial charge on any atom is -0.497 e. The van der Waals surface area contributed by atoms with Crippen LogP contribution in [0.2, 0.25) is 0 Å². The maximum atomic E-state index is 12.5. The number of ether oxygens (including phenoxy) is 1. The molecular weight excluding hydrogens is 424 g/mol. The van der Waals surface area contributed by atoms with Gasteiger partial charge in [0.2, 0.25) is 5.91 Å². The van der Waals surface area contributed by atoms with Crippen LogP contribution in [0, 0.1) is 0 Å². The molecule has 1 saturated heterocycles. The lowest BCUT2D eigenvalue weighted by atomic mass is 9.89. The van der Waals surface area contributed by atoms with Crippen LogP contribution in [-0.4, -0.2) is 36.0 Å². The fourth-order valence-electron chi connectivity index (χ4n) is 3.67. The molecule has 0 radical (unpaired) electrons. The zero-order chi connectivity index (χ0) is 18.8. The monoisotopic (exact) mass is 444 g/mol. The van der Waals surface area contributed by atoms with Crippen LogP contribution < -0.4 is 4.74 Å². The maximum Gasteiger partial charge on any atom is 0.246 e. The van der Waals surface area contributed by atoms with Crippen LogP contribution in [0.15, 0.2) is 46.4 Å². The number of likely N-dealkylation sites (tertiary alicyclic amines) is 1. The van der Waals surface area contributed by atoms with Gasteiger partial charge in [-0.15, -0.1) is 11.3 Å². The second-order valence-electron chi connectivity index (χ2n) is 6.73. The van der Waals surface area contributed by atoms with Crippen LogP contribution in [0.1, 0.15) is 29.2 Å². The molecule has 4 rings (SSSR count). The first-order chi connectivity index (χ1) is 13.1. The molecule has 1 fully saturated rings. The minimum atomic E-state index is 0.0959. The molecular formula is C21H21BrN2O2S. The van der Waals surface area contributed by atoms with Crippen molar-refractivity contribution in [3.05, 3.63) is 56.8 Å². The second kappa shape index (κ2) is 7.90. The van der Waals surface area contributed by atoms with Gasteiger partial charge in [-0.1, -0.05) is 0 Å². The average molecular weight is 445 g/mol. The third-order valence-electron chi connectivity index (χ3n) is 5.15. The third-order valence-corrected chi connectivity index (χ3v) is 6.74. The molecule has 1 aliphatic rings. The van der Waals surface area contributed by atoms with E-state index in [9.17, 15) is 4.79 Å². The Morgan fingerprint density at radius 2 is 2.11 bits per heavy atom. The molecule has 3 heterocycles. The number of methoxy groups -OCH3 is 1. The molecule has 1 aromatic carbocycles. The lowest BCUT2D eigenvalue weighted by Crippen LogP contribution is -2.36. The third kappa shape index (κ3) is 3.96. The van der Waals surface area contributed by atoms with Crippen molar-refractivity contribution in [2.75, 3.05) is 20.2 Å². The Bertz CT molecular complexity index is 983. The molecule has 0 aliphatic carbocycles. The Morgan fingerprint density at radius 3 is 2.81 bits per heavy atom. The van der Waals surface area contributed by atoms with Crippen molar-refractivity contribution in [2.24, 2.45) is 0 Å². The van der Waals surface area contributed by atoms with Gasteiger partial charge in [-0.05, 0) is 76.7 Å². The Labute approximate surface area is 171 Å². The van der Waals surface area contributed by atoms with Crippen LogP contribution in [0.5, 0.6) is 5.75 Å². The van der Waals surface area contributed by atoms with Crippen molar-refractivity contribution in [1.82, 2.24) is 9.88 Å². The Hall–Kier alpha value is -2.05. The number of amides is 1. The topological polar surface area (TPSA) is 45.3 Å². The van der Waals surface area contributed by atoms with E-state index in [1.165, 1.54) is 10.9 Å². The SMILES string of the molecule is COc1ccc2[nH]cc(C3CCN(C(=O)/C=C/c4ccc(Br)s4)CC3)c2c1. The van der Waals surface area contributed by atoms with Gasteiger partial charge in [0, 0.05) is 41.1 Å². The summed E-state index contributed by atoms with van der Waals surface area (Å²) in [6.45, 7) is 1.58. The molecule has 140 valence electrons. The van der Waals surface area contributed by atoms with Crippen molar-refractivity contribution >= 4 is 50.2 Å². The van der Waals surface area contributed by atoms with Gasteiger partial charge >= 0.3 is 0 Å². The van der Waals surface area contributed by atoms with E-state index in [2.05, 4.69) is 39.2 Å². The molecule has 6 heteroatoms. The number of aromatic nitrogens is 1. The number of hydrogen-bond donors (Lipinski definition) is 1. The highest BCUT2D eigenvalue weighted by molar-refractivity contribution is 9.11. The predicted octanol–water partition coefficient (Wildman–Crippen LogP) is 5.42. The van der Waals surface area contributed by atoms with Gasteiger partial charge in [0.1, 0.15) is 5.75 Å². The summed E-state index contributed by atoms with van der Waals surface area (Å²) >= 11 is 5.07. The summed E-state index contributed by atoms with van der Waals surface area (Å²) < 4.78 is 6.45. The molecule has 0 bridgehead atoms. The summed E-state index contributed by atoms with van der Waals surface area (Å²) in [5.41, 5.74) is 2.46. The Morgan fingerprint density at radius 1 is 1.30 bits per heavy atom. The number of halogens is 1. The smallest absolute Gasteiger partial charge is 0.246 e. The van der Waals surface area contributed by atoms with Crippen molar-refractivity contribution in [3.8, 4) is 5.75 Å². The number of H-pyrrole nitrogens is 1. The standard InChI is InChI=1S/C21H21BrN2O2S/c1-26-15-2-5-19-17(12-15)18(13-23-19)14-8-10-24(11-9-14)21(25)7-4-16-3-6-20(22)27-16/h2-7,12-14,23H,8-11H2,1H3/b7-4+. The number of thiophene rings is 1. The fraction of sp³-hybridized carbons (Fsp3) is 0.286. The van der Waals surface area contributed by atoms with E-state index in [-0.39, 0.29) is 5.91 Å². The molecule has 1 N–H and O–H groups in total. The summed E-state index contributed by atoms with van der Waals surface area (Å²) in [7, 11) is 1.69. The number of aromatic amines is 1. The molecule has 0 saturated carbocycles. The molecule has 0 spiro atoms. The first-order valence-corrected chi connectivity index (χ1v) is 10.6. The van der Waals surface area contributed by atoms with Crippen molar-refractivity contribution < 1.29 is 9.53 Å². The van der Waals surface area contributed by atoms with Crippen LogP contribution >= 0.6 is 27.3 Å². The van der Waals surface area contributed by atoms with Crippen molar-refractivity contribution in [3.63, 3.8) is 0 Å².